The van der Waals surface area contributed by atoms with Crippen molar-refractivity contribution in [2.24, 2.45) is 7.05 Å². The fraction of sp³-hybridized carbons (Fsp3) is 0.250. The smallest absolute Gasteiger partial charge is 0.191 e. The van der Waals surface area contributed by atoms with Crippen LogP contribution in [0.3, 0.4) is 0 Å². The Morgan fingerprint density at radius 1 is 1.30 bits per heavy atom. The summed E-state index contributed by atoms with van der Waals surface area (Å²) in [7, 11) is 1.92. The van der Waals surface area contributed by atoms with Crippen LogP contribution in [0.2, 0.25) is 5.02 Å². The summed E-state index contributed by atoms with van der Waals surface area (Å²) in [4.78, 5) is 1.27. The predicted molar refractivity (Wildman–Crippen MR) is 94.8 cm³/mol. The van der Waals surface area contributed by atoms with Crippen LogP contribution < -0.4 is 0 Å². The molecule has 0 spiro atoms. The number of rotatable bonds is 4. The Morgan fingerprint density at radius 2 is 2.09 bits per heavy atom. The van der Waals surface area contributed by atoms with E-state index in [-0.39, 0.29) is 5.82 Å². The van der Waals surface area contributed by atoms with E-state index in [0.29, 0.717) is 16.3 Å². The molecular weight excluding hydrogens is 353 g/mol. The molecule has 0 fully saturated rings. The second-order valence-corrected chi connectivity index (χ2v) is 7.62. The summed E-state index contributed by atoms with van der Waals surface area (Å²) in [5.41, 5.74) is 2.81. The first-order valence-electron chi connectivity index (χ1n) is 6.99. The van der Waals surface area contributed by atoms with Crippen LogP contribution in [0.15, 0.2) is 28.7 Å². The highest BCUT2D eigenvalue weighted by atomic mass is 35.5. The van der Waals surface area contributed by atoms with Crippen molar-refractivity contribution in [3.8, 4) is 11.4 Å². The Labute approximate surface area is 147 Å². The average molecular weight is 368 g/mol. The highest BCUT2D eigenvalue weighted by Crippen LogP contribution is 2.32. The standard InChI is InChI=1S/C16H15ClFN3S2/c1-9-10(2)22-7-11(9)15-19-20-16(21(15)3)23-8-12-13(17)5-4-6-14(12)18/h4-7H,8H2,1-3H3. The van der Waals surface area contributed by atoms with E-state index in [1.807, 2.05) is 11.6 Å². The molecule has 0 N–H and O–H groups in total. The van der Waals surface area contributed by atoms with Crippen molar-refractivity contribution in [2.75, 3.05) is 0 Å². The van der Waals surface area contributed by atoms with E-state index < -0.39 is 0 Å². The zero-order chi connectivity index (χ0) is 16.6. The molecule has 2 heterocycles. The van der Waals surface area contributed by atoms with E-state index in [9.17, 15) is 4.39 Å². The lowest BCUT2D eigenvalue weighted by Crippen LogP contribution is -1.96. The normalized spacial score (nSPS) is 11.2. The molecule has 0 radical (unpaired) electrons. The van der Waals surface area contributed by atoms with Crippen LogP contribution in [0.4, 0.5) is 4.39 Å². The summed E-state index contributed by atoms with van der Waals surface area (Å²) in [5.74, 6) is 0.949. The molecule has 2 aromatic heterocycles. The topological polar surface area (TPSA) is 30.7 Å². The Morgan fingerprint density at radius 3 is 2.74 bits per heavy atom. The predicted octanol–water partition coefficient (Wildman–Crippen LogP) is 5.25. The van der Waals surface area contributed by atoms with Crippen molar-refractivity contribution in [3.63, 3.8) is 0 Å². The molecule has 0 saturated carbocycles. The van der Waals surface area contributed by atoms with Crippen molar-refractivity contribution in [3.05, 3.63) is 50.4 Å². The van der Waals surface area contributed by atoms with Crippen LogP contribution >= 0.6 is 34.7 Å². The molecule has 120 valence electrons. The maximum atomic E-state index is 13.8. The van der Waals surface area contributed by atoms with E-state index in [0.717, 1.165) is 16.5 Å². The maximum absolute atomic E-state index is 13.8. The number of aromatic nitrogens is 3. The molecule has 3 nitrogen and oxygen atoms in total. The molecule has 23 heavy (non-hydrogen) atoms. The van der Waals surface area contributed by atoms with E-state index >= 15 is 0 Å². The first-order chi connectivity index (χ1) is 11.0. The van der Waals surface area contributed by atoms with Crippen molar-refractivity contribution >= 4 is 34.7 Å². The number of benzene rings is 1. The van der Waals surface area contributed by atoms with Gasteiger partial charge in [0.25, 0.3) is 0 Å². The summed E-state index contributed by atoms with van der Waals surface area (Å²) < 4.78 is 15.8. The van der Waals surface area contributed by atoms with Gasteiger partial charge in [-0.1, -0.05) is 29.4 Å². The summed E-state index contributed by atoms with van der Waals surface area (Å²) in [6.07, 6.45) is 0. The second kappa shape index (κ2) is 6.63. The van der Waals surface area contributed by atoms with Crippen molar-refractivity contribution in [1.29, 1.82) is 0 Å². The van der Waals surface area contributed by atoms with Crippen molar-refractivity contribution < 1.29 is 4.39 Å². The third kappa shape index (κ3) is 3.16. The van der Waals surface area contributed by atoms with Gasteiger partial charge in [-0.15, -0.1) is 21.5 Å². The minimum Gasteiger partial charge on any atom is -0.305 e. The van der Waals surface area contributed by atoms with Gasteiger partial charge < -0.3 is 4.57 Å². The molecule has 7 heteroatoms. The highest BCUT2D eigenvalue weighted by molar-refractivity contribution is 7.98. The number of hydrogen-bond donors (Lipinski definition) is 0. The molecule has 0 aliphatic carbocycles. The molecule has 0 amide bonds. The van der Waals surface area contributed by atoms with Crippen LogP contribution in [-0.2, 0) is 12.8 Å². The third-order valence-corrected chi connectivity index (χ3v) is 6.18. The summed E-state index contributed by atoms with van der Waals surface area (Å²) >= 11 is 9.19. The SMILES string of the molecule is Cc1scc(-c2nnc(SCc3c(F)cccc3Cl)n2C)c1C. The minimum atomic E-state index is -0.295. The zero-order valence-electron chi connectivity index (χ0n) is 12.9. The summed E-state index contributed by atoms with van der Waals surface area (Å²) in [6.45, 7) is 4.18. The largest absolute Gasteiger partial charge is 0.305 e. The Hall–Kier alpha value is -1.37. The van der Waals surface area contributed by atoms with Crippen LogP contribution in [0.25, 0.3) is 11.4 Å². The molecule has 0 aliphatic heterocycles. The highest BCUT2D eigenvalue weighted by Gasteiger charge is 2.16. The lowest BCUT2D eigenvalue weighted by molar-refractivity contribution is 0.617. The minimum absolute atomic E-state index is 0.295. The lowest BCUT2D eigenvalue weighted by Gasteiger charge is -2.06. The van der Waals surface area contributed by atoms with Gasteiger partial charge in [0.15, 0.2) is 11.0 Å². The van der Waals surface area contributed by atoms with Crippen LogP contribution in [0.1, 0.15) is 16.0 Å². The Balaban J connectivity index is 1.84. The van der Waals surface area contributed by atoms with E-state index in [1.54, 1.807) is 23.5 Å². The molecule has 1 aromatic carbocycles. The molecular formula is C16H15ClFN3S2. The van der Waals surface area contributed by atoms with Crippen LogP contribution in [0.5, 0.6) is 0 Å². The molecule has 0 saturated heterocycles. The molecule has 0 aliphatic rings. The monoisotopic (exact) mass is 367 g/mol. The summed E-state index contributed by atoms with van der Waals surface area (Å²) in [5, 5.41) is 11.8. The van der Waals surface area contributed by atoms with Gasteiger partial charge >= 0.3 is 0 Å². The Kier molecular flexibility index (Phi) is 4.75. The third-order valence-electron chi connectivity index (χ3n) is 3.77. The van der Waals surface area contributed by atoms with Gasteiger partial charge in [-0.25, -0.2) is 4.39 Å². The number of halogens is 2. The lowest BCUT2D eigenvalue weighted by atomic mass is 10.2. The zero-order valence-corrected chi connectivity index (χ0v) is 15.3. The molecule has 3 aromatic rings. The molecule has 3 rings (SSSR count). The molecule has 0 unspecified atom stereocenters. The van der Waals surface area contributed by atoms with Gasteiger partial charge in [0.05, 0.1) is 0 Å². The quantitative estimate of drug-likeness (QED) is 0.590. The number of nitrogens with zero attached hydrogens (tertiary/aromatic N) is 3. The van der Waals surface area contributed by atoms with Gasteiger partial charge in [-0.05, 0) is 31.5 Å². The van der Waals surface area contributed by atoms with Crippen molar-refractivity contribution in [1.82, 2.24) is 14.8 Å². The number of thiophene rings is 1. The molecule has 0 atom stereocenters. The first kappa shape index (κ1) is 16.5. The van der Waals surface area contributed by atoms with Gasteiger partial charge in [-0.2, -0.15) is 0 Å². The maximum Gasteiger partial charge on any atom is 0.191 e. The van der Waals surface area contributed by atoms with Gasteiger partial charge in [-0.3, -0.25) is 0 Å². The van der Waals surface area contributed by atoms with Gasteiger partial charge in [0, 0.05) is 39.2 Å². The molecule has 0 bridgehead atoms. The average Bonchev–Trinajstić information content (AvgIpc) is 3.03. The first-order valence-corrected chi connectivity index (χ1v) is 9.23. The fourth-order valence-corrected chi connectivity index (χ4v) is 4.33. The second-order valence-electron chi connectivity index (χ2n) is 5.18. The van der Waals surface area contributed by atoms with E-state index in [4.69, 9.17) is 11.6 Å². The van der Waals surface area contributed by atoms with Crippen LogP contribution in [0, 0.1) is 19.7 Å². The Bertz CT molecular complexity index is 837. The van der Waals surface area contributed by atoms with E-state index in [2.05, 4.69) is 29.4 Å². The van der Waals surface area contributed by atoms with Crippen LogP contribution in [-0.4, -0.2) is 14.8 Å². The van der Waals surface area contributed by atoms with Crippen molar-refractivity contribution in [2.45, 2.75) is 24.8 Å². The van der Waals surface area contributed by atoms with Gasteiger partial charge in [0.1, 0.15) is 5.82 Å². The van der Waals surface area contributed by atoms with E-state index in [1.165, 1.54) is 28.3 Å². The fourth-order valence-electron chi connectivity index (χ4n) is 2.22. The summed E-state index contributed by atoms with van der Waals surface area (Å²) in [6, 6.07) is 4.72. The number of thioether (sulfide) groups is 1. The number of hydrogen-bond acceptors (Lipinski definition) is 4. The number of aryl methyl sites for hydroxylation is 1. The van der Waals surface area contributed by atoms with Gasteiger partial charge in [0.2, 0.25) is 0 Å².